The summed E-state index contributed by atoms with van der Waals surface area (Å²) in [5.74, 6) is 0.294. The van der Waals surface area contributed by atoms with Crippen LogP contribution in [-0.2, 0) is 4.79 Å². The first-order valence-electron chi connectivity index (χ1n) is 6.46. The molecule has 1 aliphatic carbocycles. The molecule has 1 aromatic rings. The largest absolute Gasteiger partial charge is 0.373 e. The number of amides is 1. The summed E-state index contributed by atoms with van der Waals surface area (Å²) in [6.45, 7) is 6.68. The zero-order chi connectivity index (χ0) is 13.1. The lowest BCUT2D eigenvalue weighted by atomic mass is 10.2. The number of hydrogen-bond donors (Lipinski definition) is 1. The Labute approximate surface area is 108 Å². The molecule has 1 saturated carbocycles. The second-order valence-electron chi connectivity index (χ2n) is 6.46. The first-order valence-corrected chi connectivity index (χ1v) is 9.96. The Morgan fingerprint density at radius 3 is 2.39 bits per heavy atom. The van der Waals surface area contributed by atoms with Crippen LogP contribution < -0.4 is 4.90 Å². The van der Waals surface area contributed by atoms with E-state index in [4.69, 9.17) is 0 Å². The van der Waals surface area contributed by atoms with Gasteiger partial charge in [0.05, 0.1) is 13.1 Å². The monoisotopic (exact) mass is 261 g/mol. The first kappa shape index (κ1) is 11.9. The summed E-state index contributed by atoms with van der Waals surface area (Å²) in [6.07, 6.45) is 0.248. The lowest BCUT2D eigenvalue weighted by Gasteiger charge is -2.29. The number of carbonyl (C=O) groups excluding carboxylic acids is 1. The molecule has 1 heterocycles. The zero-order valence-corrected chi connectivity index (χ0v) is 12.1. The van der Waals surface area contributed by atoms with Gasteiger partial charge in [-0.1, -0.05) is 37.8 Å². The van der Waals surface area contributed by atoms with Crippen LogP contribution in [0.15, 0.2) is 30.3 Å². The molecular weight excluding hydrogens is 242 g/mol. The van der Waals surface area contributed by atoms with Crippen molar-refractivity contribution >= 4 is 19.7 Å². The number of hydrogen-bond acceptors (Lipinski definition) is 2. The number of carbonyl (C=O) groups is 1. The molecule has 3 nitrogen and oxygen atoms in total. The van der Waals surface area contributed by atoms with Gasteiger partial charge < -0.3 is 5.11 Å². The van der Waals surface area contributed by atoms with Crippen molar-refractivity contribution in [2.45, 2.75) is 37.3 Å². The van der Waals surface area contributed by atoms with Crippen LogP contribution in [0.5, 0.6) is 0 Å². The van der Waals surface area contributed by atoms with Gasteiger partial charge in [0.25, 0.3) is 0 Å². The van der Waals surface area contributed by atoms with Gasteiger partial charge in [0, 0.05) is 11.6 Å². The molecule has 18 heavy (non-hydrogen) atoms. The van der Waals surface area contributed by atoms with Gasteiger partial charge in [-0.3, -0.25) is 9.69 Å². The number of para-hydroxylation sites is 1. The summed E-state index contributed by atoms with van der Waals surface area (Å²) in [6, 6.07) is 9.51. The predicted octanol–water partition coefficient (Wildman–Crippen LogP) is 2.45. The molecule has 0 spiro atoms. The number of anilines is 1. The Balaban J connectivity index is 2.00. The van der Waals surface area contributed by atoms with Crippen LogP contribution in [-0.4, -0.2) is 25.3 Å². The minimum Gasteiger partial charge on any atom is -0.373 e. The highest BCUT2D eigenvalue weighted by atomic mass is 28.3. The van der Waals surface area contributed by atoms with Gasteiger partial charge in [-0.2, -0.15) is 0 Å². The lowest BCUT2D eigenvalue weighted by molar-refractivity contribution is -0.119. The third-order valence-electron chi connectivity index (χ3n) is 4.61. The van der Waals surface area contributed by atoms with E-state index in [0.29, 0.717) is 0 Å². The van der Waals surface area contributed by atoms with Crippen molar-refractivity contribution in [2.75, 3.05) is 4.90 Å². The molecule has 1 aromatic carbocycles. The number of benzene rings is 1. The van der Waals surface area contributed by atoms with Gasteiger partial charge in [0.1, 0.15) is 6.23 Å². The van der Waals surface area contributed by atoms with E-state index in [2.05, 4.69) is 19.6 Å². The molecule has 1 amide bonds. The molecule has 2 aliphatic rings. The SMILES string of the molecule is C[Si](C)(C)[C@]12C[C@H]1[C@@H](O)N(c1ccccc1)C2=O. The van der Waals surface area contributed by atoms with E-state index < -0.39 is 14.3 Å². The highest BCUT2D eigenvalue weighted by molar-refractivity contribution is 6.84. The number of aliphatic hydroxyl groups is 1. The van der Waals surface area contributed by atoms with Crippen LogP contribution in [0.3, 0.4) is 0 Å². The Morgan fingerprint density at radius 2 is 1.89 bits per heavy atom. The molecule has 1 saturated heterocycles. The van der Waals surface area contributed by atoms with Gasteiger partial charge in [-0.15, -0.1) is 0 Å². The topological polar surface area (TPSA) is 40.5 Å². The molecule has 0 bridgehead atoms. The Bertz CT molecular complexity index is 496. The van der Waals surface area contributed by atoms with E-state index in [1.807, 2.05) is 30.3 Å². The van der Waals surface area contributed by atoms with Gasteiger partial charge >= 0.3 is 0 Å². The lowest BCUT2D eigenvalue weighted by Crippen LogP contribution is -2.42. The van der Waals surface area contributed by atoms with Crippen LogP contribution in [0.25, 0.3) is 0 Å². The van der Waals surface area contributed by atoms with Gasteiger partial charge in [-0.05, 0) is 18.6 Å². The van der Waals surface area contributed by atoms with Crippen molar-refractivity contribution in [3.05, 3.63) is 30.3 Å². The number of aliphatic hydroxyl groups excluding tert-OH is 1. The normalized spacial score (nSPS) is 34.7. The fraction of sp³-hybridized carbons (Fsp3) is 0.500. The number of nitrogens with zero attached hydrogens (tertiary/aromatic N) is 1. The molecule has 96 valence electrons. The van der Waals surface area contributed by atoms with Crippen molar-refractivity contribution in [3.63, 3.8) is 0 Å². The van der Waals surface area contributed by atoms with Gasteiger partial charge in [0.2, 0.25) is 5.91 Å². The van der Waals surface area contributed by atoms with Crippen molar-refractivity contribution in [3.8, 4) is 0 Å². The van der Waals surface area contributed by atoms with Gasteiger partial charge in [0.15, 0.2) is 0 Å². The minimum atomic E-state index is -1.61. The molecule has 1 aliphatic heterocycles. The van der Waals surface area contributed by atoms with Crippen molar-refractivity contribution < 1.29 is 9.90 Å². The fourth-order valence-electron chi connectivity index (χ4n) is 3.45. The fourth-order valence-corrected chi connectivity index (χ4v) is 6.31. The van der Waals surface area contributed by atoms with Crippen molar-refractivity contribution in [1.29, 1.82) is 0 Å². The summed E-state index contributed by atoms with van der Waals surface area (Å²) in [5.41, 5.74) is 0.819. The summed E-state index contributed by atoms with van der Waals surface area (Å²) in [5, 5.41) is 10.2. The Morgan fingerprint density at radius 1 is 1.28 bits per heavy atom. The van der Waals surface area contributed by atoms with E-state index in [1.165, 1.54) is 0 Å². The maximum Gasteiger partial charge on any atom is 0.233 e. The van der Waals surface area contributed by atoms with Crippen LogP contribution in [0.1, 0.15) is 6.42 Å². The van der Waals surface area contributed by atoms with Crippen LogP contribution in [0.4, 0.5) is 5.69 Å². The highest BCUT2D eigenvalue weighted by Crippen LogP contribution is 2.72. The summed E-state index contributed by atoms with van der Waals surface area (Å²) < 4.78 is 0. The highest BCUT2D eigenvalue weighted by Gasteiger charge is 2.75. The minimum absolute atomic E-state index is 0.144. The van der Waals surface area contributed by atoms with Crippen molar-refractivity contribution in [2.24, 2.45) is 5.92 Å². The molecule has 1 N–H and O–H groups in total. The standard InChI is InChI=1S/C14H19NO2Si/c1-18(2,3)14-9-11(14)12(16)15(13(14)17)10-7-5-4-6-8-10/h4-8,11-12,16H,9H2,1-3H3/t11-,12+,14+/m0/s1. The summed E-state index contributed by atoms with van der Waals surface area (Å²) in [4.78, 5) is 14.3. The molecule has 2 fully saturated rings. The van der Waals surface area contributed by atoms with Crippen LogP contribution in [0, 0.1) is 5.92 Å². The maximum absolute atomic E-state index is 12.7. The predicted molar refractivity (Wildman–Crippen MR) is 74.1 cm³/mol. The van der Waals surface area contributed by atoms with Crippen LogP contribution >= 0.6 is 0 Å². The molecule has 4 heteroatoms. The van der Waals surface area contributed by atoms with E-state index in [1.54, 1.807) is 4.90 Å². The molecule has 3 atom stereocenters. The number of fused-ring (bicyclic) bond motifs is 1. The Hall–Kier alpha value is -1.13. The maximum atomic E-state index is 12.7. The molecule has 0 radical (unpaired) electrons. The van der Waals surface area contributed by atoms with Crippen LogP contribution in [0.2, 0.25) is 24.7 Å². The average molecular weight is 261 g/mol. The second kappa shape index (κ2) is 3.45. The van der Waals surface area contributed by atoms with Crippen molar-refractivity contribution in [1.82, 2.24) is 0 Å². The van der Waals surface area contributed by atoms with E-state index >= 15 is 0 Å². The number of piperidine rings is 1. The molecule has 0 aromatic heterocycles. The molecule has 0 unspecified atom stereocenters. The smallest absolute Gasteiger partial charge is 0.233 e. The number of rotatable bonds is 2. The van der Waals surface area contributed by atoms with E-state index in [9.17, 15) is 9.90 Å². The third-order valence-corrected chi connectivity index (χ3v) is 8.08. The molecule has 3 rings (SSSR count). The second-order valence-corrected chi connectivity index (χ2v) is 11.8. The molecular formula is C14H19NO2Si. The Kier molecular flexibility index (Phi) is 2.29. The third kappa shape index (κ3) is 1.30. The summed E-state index contributed by atoms with van der Waals surface area (Å²) >= 11 is 0. The van der Waals surface area contributed by atoms with E-state index in [-0.39, 0.29) is 16.9 Å². The quantitative estimate of drug-likeness (QED) is 0.831. The van der Waals surface area contributed by atoms with Gasteiger partial charge in [-0.25, -0.2) is 0 Å². The average Bonchev–Trinajstić information content (AvgIpc) is 3.01. The summed E-state index contributed by atoms with van der Waals surface area (Å²) in [7, 11) is -1.61. The zero-order valence-electron chi connectivity index (χ0n) is 11.1. The first-order chi connectivity index (χ1) is 8.39. The van der Waals surface area contributed by atoms with E-state index in [0.717, 1.165) is 12.1 Å².